The van der Waals surface area contributed by atoms with Crippen LogP contribution in [0.2, 0.25) is 0 Å². The maximum atomic E-state index is 13.3. The highest BCUT2D eigenvalue weighted by molar-refractivity contribution is 7.91. The number of sulfone groups is 1. The van der Waals surface area contributed by atoms with Gasteiger partial charge in [0.05, 0.1) is 11.5 Å². The second-order valence-corrected chi connectivity index (χ2v) is 5.82. The van der Waals surface area contributed by atoms with E-state index in [4.69, 9.17) is 0 Å². The Labute approximate surface area is 78.6 Å². The third-order valence-corrected chi connectivity index (χ3v) is 4.26. The standard InChI is InChI=1S/C8H16FNO2S/c1-10-5-8(9)7-3-2-4-13(11,12)6-7/h7-8,10H,2-6H2,1H3. The molecule has 1 heterocycles. The second kappa shape index (κ2) is 4.37. The first-order valence-corrected chi connectivity index (χ1v) is 6.36. The number of rotatable bonds is 3. The molecule has 1 rings (SSSR count). The van der Waals surface area contributed by atoms with Crippen LogP contribution in [0.1, 0.15) is 12.8 Å². The van der Waals surface area contributed by atoms with Crippen molar-refractivity contribution in [2.75, 3.05) is 25.1 Å². The lowest BCUT2D eigenvalue weighted by Crippen LogP contribution is -2.35. The van der Waals surface area contributed by atoms with E-state index in [-0.39, 0.29) is 24.0 Å². The Balaban J connectivity index is 2.51. The van der Waals surface area contributed by atoms with Crippen LogP contribution in [0, 0.1) is 5.92 Å². The van der Waals surface area contributed by atoms with E-state index in [0.717, 1.165) is 0 Å². The summed E-state index contributed by atoms with van der Waals surface area (Å²) in [6, 6.07) is 0. The molecule has 1 aliphatic heterocycles. The van der Waals surface area contributed by atoms with Crippen LogP contribution in [-0.4, -0.2) is 39.7 Å². The number of hydrogen-bond donors (Lipinski definition) is 1. The van der Waals surface area contributed by atoms with E-state index in [1.807, 2.05) is 0 Å². The summed E-state index contributed by atoms with van der Waals surface area (Å²) in [5.41, 5.74) is 0. The number of halogens is 1. The highest BCUT2D eigenvalue weighted by Gasteiger charge is 2.30. The molecular formula is C8H16FNO2S. The molecule has 1 N–H and O–H groups in total. The fourth-order valence-electron chi connectivity index (χ4n) is 1.71. The predicted molar refractivity (Wildman–Crippen MR) is 50.2 cm³/mol. The van der Waals surface area contributed by atoms with Crippen molar-refractivity contribution in [1.29, 1.82) is 0 Å². The first-order chi connectivity index (χ1) is 6.05. The Morgan fingerprint density at radius 1 is 1.62 bits per heavy atom. The summed E-state index contributed by atoms with van der Waals surface area (Å²) >= 11 is 0. The molecule has 3 nitrogen and oxygen atoms in total. The second-order valence-electron chi connectivity index (χ2n) is 3.59. The molecule has 0 saturated carbocycles. The van der Waals surface area contributed by atoms with Crippen molar-refractivity contribution in [3.05, 3.63) is 0 Å². The molecule has 0 aromatic heterocycles. The molecule has 1 fully saturated rings. The fraction of sp³-hybridized carbons (Fsp3) is 1.00. The Kier molecular flexibility index (Phi) is 3.67. The van der Waals surface area contributed by atoms with E-state index >= 15 is 0 Å². The molecule has 0 bridgehead atoms. The molecule has 1 saturated heterocycles. The van der Waals surface area contributed by atoms with Crippen molar-refractivity contribution < 1.29 is 12.8 Å². The lowest BCUT2D eigenvalue weighted by Gasteiger charge is -2.24. The van der Waals surface area contributed by atoms with Crippen LogP contribution in [0.25, 0.3) is 0 Å². The Hall–Kier alpha value is -0.160. The van der Waals surface area contributed by atoms with Crippen LogP contribution in [0.15, 0.2) is 0 Å². The molecule has 0 spiro atoms. The molecule has 0 radical (unpaired) electrons. The maximum Gasteiger partial charge on any atom is 0.150 e. The molecule has 2 atom stereocenters. The highest BCUT2D eigenvalue weighted by atomic mass is 32.2. The zero-order chi connectivity index (χ0) is 9.90. The first kappa shape index (κ1) is 10.9. The van der Waals surface area contributed by atoms with Gasteiger partial charge in [0.1, 0.15) is 6.17 Å². The van der Waals surface area contributed by atoms with Gasteiger partial charge in [-0.15, -0.1) is 0 Å². The van der Waals surface area contributed by atoms with Crippen molar-refractivity contribution in [1.82, 2.24) is 5.32 Å². The molecule has 5 heteroatoms. The van der Waals surface area contributed by atoms with E-state index in [9.17, 15) is 12.8 Å². The van der Waals surface area contributed by atoms with Gasteiger partial charge in [-0.05, 0) is 19.9 Å². The lowest BCUT2D eigenvalue weighted by molar-refractivity contribution is 0.225. The van der Waals surface area contributed by atoms with Crippen molar-refractivity contribution in [2.24, 2.45) is 5.92 Å². The molecule has 0 aromatic rings. The summed E-state index contributed by atoms with van der Waals surface area (Å²) in [5.74, 6) is -0.0442. The molecule has 1 aliphatic rings. The number of nitrogens with one attached hydrogen (secondary N) is 1. The summed E-state index contributed by atoms with van der Waals surface area (Å²) in [4.78, 5) is 0. The summed E-state index contributed by atoms with van der Waals surface area (Å²) in [7, 11) is -1.29. The molecule has 0 aliphatic carbocycles. The minimum atomic E-state index is -2.96. The van der Waals surface area contributed by atoms with Gasteiger partial charge >= 0.3 is 0 Å². The van der Waals surface area contributed by atoms with Crippen LogP contribution in [0.5, 0.6) is 0 Å². The topological polar surface area (TPSA) is 46.2 Å². The van der Waals surface area contributed by atoms with Crippen molar-refractivity contribution in [3.63, 3.8) is 0 Å². The van der Waals surface area contributed by atoms with E-state index in [2.05, 4.69) is 5.32 Å². The lowest BCUT2D eigenvalue weighted by atomic mass is 10.00. The summed E-state index contributed by atoms with van der Waals surface area (Å²) < 4.78 is 35.7. The van der Waals surface area contributed by atoms with Crippen LogP contribution < -0.4 is 5.32 Å². The zero-order valence-corrected chi connectivity index (χ0v) is 8.61. The van der Waals surface area contributed by atoms with Crippen molar-refractivity contribution in [3.8, 4) is 0 Å². The van der Waals surface area contributed by atoms with Crippen molar-refractivity contribution >= 4 is 9.84 Å². The van der Waals surface area contributed by atoms with Gasteiger partial charge in [-0.2, -0.15) is 0 Å². The quantitative estimate of drug-likeness (QED) is 0.730. The van der Waals surface area contributed by atoms with Gasteiger partial charge in [-0.25, -0.2) is 12.8 Å². The maximum absolute atomic E-state index is 13.3. The number of hydrogen-bond acceptors (Lipinski definition) is 3. The van der Waals surface area contributed by atoms with Crippen LogP contribution >= 0.6 is 0 Å². The average molecular weight is 209 g/mol. The fourth-order valence-corrected chi connectivity index (χ4v) is 3.51. The first-order valence-electron chi connectivity index (χ1n) is 4.54. The molecule has 78 valence electrons. The van der Waals surface area contributed by atoms with E-state index in [1.165, 1.54) is 0 Å². The van der Waals surface area contributed by atoms with Crippen LogP contribution in [0.3, 0.4) is 0 Å². The van der Waals surface area contributed by atoms with Crippen LogP contribution in [-0.2, 0) is 9.84 Å². The molecular weight excluding hydrogens is 193 g/mol. The van der Waals surface area contributed by atoms with Gasteiger partial charge in [0.25, 0.3) is 0 Å². The number of alkyl halides is 1. The molecule has 0 amide bonds. The van der Waals surface area contributed by atoms with Gasteiger partial charge < -0.3 is 5.32 Å². The summed E-state index contributed by atoms with van der Waals surface area (Å²) in [6.45, 7) is 0.250. The minimum Gasteiger partial charge on any atom is -0.317 e. The van der Waals surface area contributed by atoms with Crippen molar-refractivity contribution in [2.45, 2.75) is 19.0 Å². The Morgan fingerprint density at radius 2 is 2.31 bits per heavy atom. The zero-order valence-electron chi connectivity index (χ0n) is 7.79. The SMILES string of the molecule is CNCC(F)C1CCCS(=O)(=O)C1. The molecule has 2 unspecified atom stereocenters. The predicted octanol–water partition coefficient (Wildman–Crippen LogP) is 0.369. The highest BCUT2D eigenvalue weighted by Crippen LogP contribution is 2.22. The van der Waals surface area contributed by atoms with Gasteiger partial charge in [0.2, 0.25) is 0 Å². The van der Waals surface area contributed by atoms with Gasteiger partial charge in [0, 0.05) is 12.5 Å². The normalized spacial score (nSPS) is 29.8. The Morgan fingerprint density at radius 3 is 2.85 bits per heavy atom. The van der Waals surface area contributed by atoms with E-state index < -0.39 is 16.0 Å². The van der Waals surface area contributed by atoms with Gasteiger partial charge in [0.15, 0.2) is 9.84 Å². The van der Waals surface area contributed by atoms with E-state index in [1.54, 1.807) is 7.05 Å². The summed E-state index contributed by atoms with van der Waals surface area (Å²) in [6.07, 6.45) is 0.277. The average Bonchev–Trinajstić information content (AvgIpc) is 2.03. The molecule has 0 aromatic carbocycles. The van der Waals surface area contributed by atoms with Gasteiger partial charge in [-0.1, -0.05) is 0 Å². The van der Waals surface area contributed by atoms with Crippen LogP contribution in [0.4, 0.5) is 4.39 Å². The minimum absolute atomic E-state index is 0.0237. The van der Waals surface area contributed by atoms with Gasteiger partial charge in [-0.3, -0.25) is 0 Å². The largest absolute Gasteiger partial charge is 0.317 e. The monoisotopic (exact) mass is 209 g/mol. The molecule has 13 heavy (non-hydrogen) atoms. The summed E-state index contributed by atoms with van der Waals surface area (Å²) in [5, 5.41) is 2.72. The third kappa shape index (κ3) is 3.23. The van der Waals surface area contributed by atoms with E-state index in [0.29, 0.717) is 12.8 Å². The Bertz CT molecular complexity index is 253. The smallest absolute Gasteiger partial charge is 0.150 e. The third-order valence-electron chi connectivity index (χ3n) is 2.41.